The minimum Gasteiger partial charge on any atom is -0.383 e. The molecule has 1 amide bonds. The molecule has 3 heterocycles. The average Bonchev–Trinajstić information content (AvgIpc) is 2.97. The summed E-state index contributed by atoms with van der Waals surface area (Å²) < 4.78 is 2.03. The maximum atomic E-state index is 12.1. The SMILES string of the molecule is Cc1cnccc1NCCNC(=O)c1cn2c(n1)CNCC2. The second-order valence-electron chi connectivity index (χ2n) is 5.29. The molecule has 0 radical (unpaired) electrons. The molecule has 7 heteroatoms. The highest BCUT2D eigenvalue weighted by atomic mass is 16.1. The van der Waals surface area contributed by atoms with E-state index in [9.17, 15) is 4.79 Å². The molecule has 0 aromatic carbocycles. The standard InChI is InChI=1S/C15H20N6O/c1-11-8-16-3-2-12(11)18-4-5-19-15(22)13-10-21-7-6-17-9-14(21)20-13/h2-3,8,10,17H,4-7,9H2,1H3,(H,16,18)(H,19,22). The predicted molar refractivity (Wildman–Crippen MR) is 83.7 cm³/mol. The van der Waals surface area contributed by atoms with Gasteiger partial charge in [0.2, 0.25) is 0 Å². The molecule has 7 nitrogen and oxygen atoms in total. The van der Waals surface area contributed by atoms with Gasteiger partial charge in [0.15, 0.2) is 0 Å². The Kier molecular flexibility index (Phi) is 4.34. The van der Waals surface area contributed by atoms with Crippen LogP contribution in [0, 0.1) is 6.92 Å². The molecule has 3 rings (SSSR count). The molecular formula is C15H20N6O. The van der Waals surface area contributed by atoms with Crippen molar-refractivity contribution in [3.05, 3.63) is 41.7 Å². The Labute approximate surface area is 129 Å². The summed E-state index contributed by atoms with van der Waals surface area (Å²) in [5.41, 5.74) is 2.61. The summed E-state index contributed by atoms with van der Waals surface area (Å²) in [4.78, 5) is 20.5. The van der Waals surface area contributed by atoms with Gasteiger partial charge in [-0.3, -0.25) is 9.78 Å². The Bertz CT molecular complexity index is 642. The third-order valence-electron chi connectivity index (χ3n) is 3.65. The maximum Gasteiger partial charge on any atom is 0.271 e. The van der Waals surface area contributed by atoms with E-state index in [1.807, 2.05) is 30.0 Å². The van der Waals surface area contributed by atoms with E-state index in [0.717, 1.165) is 36.7 Å². The van der Waals surface area contributed by atoms with Gasteiger partial charge in [-0.25, -0.2) is 4.98 Å². The molecule has 0 aliphatic carbocycles. The van der Waals surface area contributed by atoms with Gasteiger partial charge in [-0.15, -0.1) is 0 Å². The number of hydrogen-bond acceptors (Lipinski definition) is 5. The number of aromatic nitrogens is 3. The van der Waals surface area contributed by atoms with Gasteiger partial charge in [0.1, 0.15) is 11.5 Å². The topological polar surface area (TPSA) is 83.9 Å². The minimum atomic E-state index is -0.129. The minimum absolute atomic E-state index is 0.129. The Balaban J connectivity index is 1.48. The summed E-state index contributed by atoms with van der Waals surface area (Å²) in [7, 11) is 0. The molecule has 0 saturated heterocycles. The molecule has 2 aromatic heterocycles. The van der Waals surface area contributed by atoms with Crippen molar-refractivity contribution < 1.29 is 4.79 Å². The van der Waals surface area contributed by atoms with E-state index in [-0.39, 0.29) is 5.91 Å². The Morgan fingerprint density at radius 1 is 1.45 bits per heavy atom. The zero-order chi connectivity index (χ0) is 15.4. The number of carbonyl (C=O) groups is 1. The van der Waals surface area contributed by atoms with Crippen LogP contribution in [0.15, 0.2) is 24.7 Å². The molecule has 116 valence electrons. The highest BCUT2D eigenvalue weighted by Gasteiger charge is 2.15. The highest BCUT2D eigenvalue weighted by molar-refractivity contribution is 5.92. The van der Waals surface area contributed by atoms with Crippen LogP contribution in [-0.4, -0.2) is 40.1 Å². The number of carbonyl (C=O) groups excluding carboxylic acids is 1. The predicted octanol–water partition coefficient (Wildman–Crippen LogP) is 0.532. The molecule has 1 aliphatic heterocycles. The summed E-state index contributed by atoms with van der Waals surface area (Å²) in [6.45, 7) is 5.69. The monoisotopic (exact) mass is 300 g/mol. The van der Waals surface area contributed by atoms with Crippen LogP contribution in [0.4, 0.5) is 5.69 Å². The van der Waals surface area contributed by atoms with Crippen molar-refractivity contribution in [1.29, 1.82) is 0 Å². The first-order valence-electron chi connectivity index (χ1n) is 7.43. The lowest BCUT2D eigenvalue weighted by atomic mass is 10.2. The van der Waals surface area contributed by atoms with E-state index >= 15 is 0 Å². The van der Waals surface area contributed by atoms with Crippen molar-refractivity contribution in [2.45, 2.75) is 20.0 Å². The van der Waals surface area contributed by atoms with Crippen LogP contribution in [0.1, 0.15) is 21.9 Å². The van der Waals surface area contributed by atoms with Crippen molar-refractivity contribution in [3.8, 4) is 0 Å². The molecule has 0 bridgehead atoms. The molecule has 0 atom stereocenters. The Hall–Kier alpha value is -2.41. The lowest BCUT2D eigenvalue weighted by Gasteiger charge is -2.13. The fourth-order valence-corrected chi connectivity index (χ4v) is 2.43. The second-order valence-corrected chi connectivity index (χ2v) is 5.29. The van der Waals surface area contributed by atoms with Crippen molar-refractivity contribution in [1.82, 2.24) is 25.2 Å². The lowest BCUT2D eigenvalue weighted by Crippen LogP contribution is -2.29. The van der Waals surface area contributed by atoms with Crippen molar-refractivity contribution in [2.75, 3.05) is 25.0 Å². The molecular weight excluding hydrogens is 280 g/mol. The van der Waals surface area contributed by atoms with Gasteiger partial charge in [0.25, 0.3) is 5.91 Å². The van der Waals surface area contributed by atoms with E-state index in [1.165, 1.54) is 0 Å². The maximum absolute atomic E-state index is 12.1. The molecule has 2 aromatic rings. The Morgan fingerprint density at radius 2 is 2.36 bits per heavy atom. The number of hydrogen-bond donors (Lipinski definition) is 3. The van der Waals surface area contributed by atoms with Gasteiger partial charge < -0.3 is 20.5 Å². The van der Waals surface area contributed by atoms with Crippen molar-refractivity contribution in [2.24, 2.45) is 0 Å². The van der Waals surface area contributed by atoms with Crippen LogP contribution in [0.25, 0.3) is 0 Å². The first-order valence-corrected chi connectivity index (χ1v) is 7.43. The normalized spacial score (nSPS) is 13.5. The number of amides is 1. The number of anilines is 1. The number of nitrogens with one attached hydrogen (secondary N) is 3. The number of aryl methyl sites for hydroxylation is 1. The second kappa shape index (κ2) is 6.57. The van der Waals surface area contributed by atoms with E-state index in [4.69, 9.17) is 0 Å². The lowest BCUT2D eigenvalue weighted by molar-refractivity contribution is 0.0950. The van der Waals surface area contributed by atoms with Crippen LogP contribution in [-0.2, 0) is 13.1 Å². The summed E-state index contributed by atoms with van der Waals surface area (Å²) in [5.74, 6) is 0.789. The highest BCUT2D eigenvalue weighted by Crippen LogP contribution is 2.10. The van der Waals surface area contributed by atoms with Gasteiger partial charge in [-0.1, -0.05) is 0 Å². The molecule has 0 unspecified atom stereocenters. The van der Waals surface area contributed by atoms with Crippen LogP contribution in [0.5, 0.6) is 0 Å². The van der Waals surface area contributed by atoms with Crippen LogP contribution >= 0.6 is 0 Å². The summed E-state index contributed by atoms with van der Waals surface area (Å²) in [5, 5.41) is 9.40. The quantitative estimate of drug-likeness (QED) is 0.702. The zero-order valence-corrected chi connectivity index (χ0v) is 12.6. The van der Waals surface area contributed by atoms with Gasteiger partial charge in [0.05, 0.1) is 6.54 Å². The number of imidazole rings is 1. The summed E-state index contributed by atoms with van der Waals surface area (Å²) in [6.07, 6.45) is 5.38. The van der Waals surface area contributed by atoms with E-state index in [2.05, 4.69) is 25.9 Å². The average molecular weight is 300 g/mol. The number of fused-ring (bicyclic) bond motifs is 1. The summed E-state index contributed by atoms with van der Waals surface area (Å²) in [6, 6.07) is 1.92. The van der Waals surface area contributed by atoms with E-state index < -0.39 is 0 Å². The third-order valence-corrected chi connectivity index (χ3v) is 3.65. The molecule has 0 spiro atoms. The molecule has 3 N–H and O–H groups in total. The number of pyridine rings is 1. The molecule has 22 heavy (non-hydrogen) atoms. The van der Waals surface area contributed by atoms with Gasteiger partial charge >= 0.3 is 0 Å². The zero-order valence-electron chi connectivity index (χ0n) is 12.6. The fourth-order valence-electron chi connectivity index (χ4n) is 2.43. The van der Waals surface area contributed by atoms with Gasteiger partial charge in [0, 0.05) is 50.5 Å². The Morgan fingerprint density at radius 3 is 3.18 bits per heavy atom. The number of rotatable bonds is 5. The first kappa shape index (κ1) is 14.5. The van der Waals surface area contributed by atoms with Gasteiger partial charge in [-0.2, -0.15) is 0 Å². The van der Waals surface area contributed by atoms with E-state index in [0.29, 0.717) is 18.8 Å². The molecule has 1 aliphatic rings. The van der Waals surface area contributed by atoms with E-state index in [1.54, 1.807) is 6.20 Å². The van der Waals surface area contributed by atoms with Gasteiger partial charge in [-0.05, 0) is 18.6 Å². The molecule has 0 fully saturated rings. The molecule has 0 saturated carbocycles. The van der Waals surface area contributed by atoms with Crippen LogP contribution in [0.2, 0.25) is 0 Å². The van der Waals surface area contributed by atoms with Crippen molar-refractivity contribution >= 4 is 11.6 Å². The fraction of sp³-hybridized carbons (Fsp3) is 0.400. The van der Waals surface area contributed by atoms with Crippen LogP contribution < -0.4 is 16.0 Å². The smallest absolute Gasteiger partial charge is 0.271 e. The van der Waals surface area contributed by atoms with Crippen molar-refractivity contribution in [3.63, 3.8) is 0 Å². The third kappa shape index (κ3) is 3.25. The van der Waals surface area contributed by atoms with Crippen LogP contribution in [0.3, 0.4) is 0 Å². The summed E-state index contributed by atoms with van der Waals surface area (Å²) >= 11 is 0. The largest absolute Gasteiger partial charge is 0.383 e. The number of nitrogens with zero attached hydrogens (tertiary/aromatic N) is 3. The first-order chi connectivity index (χ1) is 10.7.